The molecule has 0 spiro atoms. The zero-order valence-electron chi connectivity index (χ0n) is 16.7. The Kier molecular flexibility index (Phi) is 14.3. The van der Waals surface area contributed by atoms with E-state index in [-0.39, 0.29) is 0 Å². The second-order valence-electron chi connectivity index (χ2n) is 7.10. The number of rotatable bonds is 17. The second-order valence-corrected chi connectivity index (χ2v) is 7.10. The summed E-state index contributed by atoms with van der Waals surface area (Å²) in [6.07, 6.45) is 19.4. The summed E-state index contributed by atoms with van der Waals surface area (Å²) in [7, 11) is 1.69. The van der Waals surface area contributed by atoms with Gasteiger partial charge in [0.1, 0.15) is 0 Å². The van der Waals surface area contributed by atoms with Crippen LogP contribution in [0.1, 0.15) is 96.8 Å². The summed E-state index contributed by atoms with van der Waals surface area (Å²) in [6, 6.07) is 7.88. The van der Waals surface area contributed by atoms with E-state index in [9.17, 15) is 0 Å². The van der Waals surface area contributed by atoms with Gasteiger partial charge in [-0.3, -0.25) is 0 Å². The topological polar surface area (TPSA) is 18.5 Å². The number of benzene rings is 1. The van der Waals surface area contributed by atoms with Crippen LogP contribution in [0.15, 0.2) is 24.3 Å². The van der Waals surface area contributed by atoms with Crippen LogP contribution >= 0.6 is 0 Å². The van der Waals surface area contributed by atoms with Gasteiger partial charge in [0.2, 0.25) is 0 Å². The fourth-order valence-electron chi connectivity index (χ4n) is 3.22. The van der Waals surface area contributed by atoms with Crippen LogP contribution in [0.4, 0.5) is 0 Å². The highest BCUT2D eigenvalue weighted by molar-refractivity contribution is 5.39. The van der Waals surface area contributed by atoms with Crippen molar-refractivity contribution < 1.29 is 9.47 Å². The lowest BCUT2D eigenvalue weighted by atomic mass is 10.0. The minimum atomic E-state index is 0.790. The number of methoxy groups -OCH3 is 1. The number of ether oxygens (including phenoxy) is 2. The Hall–Kier alpha value is -1.18. The Morgan fingerprint density at radius 1 is 0.600 bits per heavy atom. The monoisotopic (exact) mass is 348 g/mol. The quantitative estimate of drug-likeness (QED) is 0.270. The first kappa shape index (κ1) is 21.9. The average Bonchev–Trinajstić information content (AvgIpc) is 2.65. The Morgan fingerprint density at radius 3 is 1.52 bits per heavy atom. The number of unbranched alkanes of at least 4 members (excludes halogenated alkanes) is 13. The van der Waals surface area contributed by atoms with E-state index in [4.69, 9.17) is 9.47 Å². The van der Waals surface area contributed by atoms with Crippen LogP contribution in [0.2, 0.25) is 0 Å². The molecule has 0 aliphatic rings. The first-order chi connectivity index (χ1) is 12.4. The maximum absolute atomic E-state index is 5.81. The molecule has 1 aromatic carbocycles. The normalized spacial score (nSPS) is 10.8. The molecule has 0 aliphatic carbocycles. The van der Waals surface area contributed by atoms with E-state index in [0.29, 0.717) is 0 Å². The second kappa shape index (κ2) is 16.3. The van der Waals surface area contributed by atoms with Gasteiger partial charge in [-0.15, -0.1) is 0 Å². The van der Waals surface area contributed by atoms with Crippen molar-refractivity contribution in [2.24, 2.45) is 0 Å². The fourth-order valence-corrected chi connectivity index (χ4v) is 3.22. The third-order valence-corrected chi connectivity index (χ3v) is 4.82. The molecule has 0 radical (unpaired) electrons. The minimum absolute atomic E-state index is 0.790. The van der Waals surface area contributed by atoms with Gasteiger partial charge in [-0.1, -0.05) is 103 Å². The molecule has 0 unspecified atom stereocenters. The van der Waals surface area contributed by atoms with Crippen LogP contribution in [0.3, 0.4) is 0 Å². The molecule has 0 saturated heterocycles. The summed E-state index contributed by atoms with van der Waals surface area (Å²) >= 11 is 0. The third kappa shape index (κ3) is 11.9. The maximum Gasteiger partial charge on any atom is 0.161 e. The van der Waals surface area contributed by atoms with Gasteiger partial charge in [-0.05, 0) is 18.6 Å². The number of hydrogen-bond acceptors (Lipinski definition) is 2. The zero-order chi connectivity index (χ0) is 18.0. The molecule has 0 N–H and O–H groups in total. The largest absolute Gasteiger partial charge is 0.493 e. The van der Waals surface area contributed by atoms with Crippen LogP contribution in [0, 0.1) is 0 Å². The van der Waals surface area contributed by atoms with Crippen molar-refractivity contribution in [1.82, 2.24) is 0 Å². The summed E-state index contributed by atoms with van der Waals surface area (Å²) in [5.74, 6) is 1.69. The summed E-state index contributed by atoms with van der Waals surface area (Å²) < 4.78 is 11.1. The van der Waals surface area contributed by atoms with Gasteiger partial charge >= 0.3 is 0 Å². The molecule has 0 fully saturated rings. The van der Waals surface area contributed by atoms with E-state index in [0.717, 1.165) is 24.5 Å². The molecule has 1 rings (SSSR count). The molecule has 1 aromatic rings. The summed E-state index contributed by atoms with van der Waals surface area (Å²) in [4.78, 5) is 0. The molecule has 2 nitrogen and oxygen atoms in total. The first-order valence-corrected chi connectivity index (χ1v) is 10.6. The highest BCUT2D eigenvalue weighted by atomic mass is 16.5. The lowest BCUT2D eigenvalue weighted by Gasteiger charge is -2.10. The molecule has 144 valence electrons. The SMILES string of the molecule is CCCCCCCCCCCCCCCCOc1ccccc1OC. The van der Waals surface area contributed by atoms with Gasteiger partial charge in [0.25, 0.3) is 0 Å². The summed E-state index contributed by atoms with van der Waals surface area (Å²) in [5.41, 5.74) is 0. The van der Waals surface area contributed by atoms with Crippen LogP contribution in [-0.4, -0.2) is 13.7 Å². The van der Waals surface area contributed by atoms with Gasteiger partial charge in [0, 0.05) is 0 Å². The molecule has 0 aliphatic heterocycles. The van der Waals surface area contributed by atoms with E-state index in [1.54, 1.807) is 7.11 Å². The van der Waals surface area contributed by atoms with E-state index in [1.165, 1.54) is 83.5 Å². The summed E-state index contributed by atoms with van der Waals surface area (Å²) in [6.45, 7) is 3.08. The minimum Gasteiger partial charge on any atom is -0.493 e. The van der Waals surface area contributed by atoms with Crippen molar-refractivity contribution in [2.75, 3.05) is 13.7 Å². The van der Waals surface area contributed by atoms with Gasteiger partial charge < -0.3 is 9.47 Å². The lowest BCUT2D eigenvalue weighted by molar-refractivity contribution is 0.284. The Morgan fingerprint density at radius 2 is 1.04 bits per heavy atom. The first-order valence-electron chi connectivity index (χ1n) is 10.6. The van der Waals surface area contributed by atoms with Crippen molar-refractivity contribution in [3.05, 3.63) is 24.3 Å². The molecule has 0 bridgehead atoms. The average molecular weight is 349 g/mol. The van der Waals surface area contributed by atoms with Crippen LogP contribution in [-0.2, 0) is 0 Å². The predicted molar refractivity (Wildman–Crippen MR) is 109 cm³/mol. The predicted octanol–water partition coefficient (Wildman–Crippen LogP) is 7.56. The molecule has 0 aromatic heterocycles. The molecule has 0 amide bonds. The molecule has 2 heteroatoms. The third-order valence-electron chi connectivity index (χ3n) is 4.82. The highest BCUT2D eigenvalue weighted by Gasteiger charge is 2.01. The maximum atomic E-state index is 5.81. The van der Waals surface area contributed by atoms with E-state index in [2.05, 4.69) is 6.92 Å². The summed E-state index contributed by atoms with van der Waals surface area (Å²) in [5, 5.41) is 0. The van der Waals surface area contributed by atoms with Crippen molar-refractivity contribution >= 4 is 0 Å². The molecule has 0 saturated carbocycles. The number of para-hydroxylation sites is 2. The Labute approximate surface area is 156 Å². The molecular formula is C23H40O2. The zero-order valence-corrected chi connectivity index (χ0v) is 16.7. The molecular weight excluding hydrogens is 308 g/mol. The van der Waals surface area contributed by atoms with Gasteiger partial charge in [-0.25, -0.2) is 0 Å². The number of hydrogen-bond donors (Lipinski definition) is 0. The van der Waals surface area contributed by atoms with E-state index in [1.807, 2.05) is 24.3 Å². The van der Waals surface area contributed by atoms with E-state index < -0.39 is 0 Å². The molecule has 0 atom stereocenters. The van der Waals surface area contributed by atoms with Crippen LogP contribution < -0.4 is 9.47 Å². The highest BCUT2D eigenvalue weighted by Crippen LogP contribution is 2.25. The lowest BCUT2D eigenvalue weighted by Crippen LogP contribution is -1.99. The van der Waals surface area contributed by atoms with Gasteiger partial charge in [0.15, 0.2) is 11.5 Å². The standard InChI is InChI=1S/C23H40O2/c1-3-4-5-6-7-8-9-10-11-12-13-14-15-18-21-25-23-20-17-16-19-22(23)24-2/h16-17,19-20H,3-15,18,21H2,1-2H3. The van der Waals surface area contributed by atoms with Crippen LogP contribution in [0.25, 0.3) is 0 Å². The Bertz CT molecular complexity index is 403. The smallest absolute Gasteiger partial charge is 0.161 e. The van der Waals surface area contributed by atoms with Crippen molar-refractivity contribution in [2.45, 2.75) is 96.8 Å². The van der Waals surface area contributed by atoms with Crippen molar-refractivity contribution in [3.8, 4) is 11.5 Å². The van der Waals surface area contributed by atoms with Crippen molar-refractivity contribution in [1.29, 1.82) is 0 Å². The fraction of sp³-hybridized carbons (Fsp3) is 0.739. The van der Waals surface area contributed by atoms with Crippen molar-refractivity contribution in [3.63, 3.8) is 0 Å². The molecule has 0 heterocycles. The van der Waals surface area contributed by atoms with E-state index >= 15 is 0 Å². The van der Waals surface area contributed by atoms with Gasteiger partial charge in [-0.2, -0.15) is 0 Å². The Balaban J connectivity index is 1.82. The molecule has 25 heavy (non-hydrogen) atoms. The van der Waals surface area contributed by atoms with Gasteiger partial charge in [0.05, 0.1) is 13.7 Å². The van der Waals surface area contributed by atoms with Crippen LogP contribution in [0.5, 0.6) is 11.5 Å².